The smallest absolute Gasteiger partial charge is 0.277 e. The number of amides is 1. The number of aryl methyl sites for hydroxylation is 1. The van der Waals surface area contributed by atoms with Crippen molar-refractivity contribution in [3.05, 3.63) is 35.7 Å². The molecule has 0 bridgehead atoms. The predicted molar refractivity (Wildman–Crippen MR) is 72.2 cm³/mol. The van der Waals surface area contributed by atoms with E-state index < -0.39 is 15.7 Å². The van der Waals surface area contributed by atoms with Crippen molar-refractivity contribution in [3.63, 3.8) is 0 Å². The van der Waals surface area contributed by atoms with Crippen molar-refractivity contribution in [1.82, 2.24) is 8.75 Å². The third-order valence-corrected chi connectivity index (χ3v) is 4.07. The Morgan fingerprint density at radius 2 is 2.11 bits per heavy atom. The Balaban J connectivity index is 2.32. The number of carbonyl (C=O) groups excluding carboxylic acids is 1. The number of hydrogen-bond acceptors (Lipinski definition) is 6. The number of sulfone groups is 1. The van der Waals surface area contributed by atoms with Crippen LogP contribution in [0.5, 0.6) is 0 Å². The molecular weight excluding hydrogens is 286 g/mol. The molecule has 0 spiro atoms. The molecule has 1 heterocycles. The summed E-state index contributed by atoms with van der Waals surface area (Å²) in [5.74, 6) is -0.414. The Kier molecular flexibility index (Phi) is 3.63. The first-order chi connectivity index (χ1) is 8.88. The molecule has 0 radical (unpaired) electrons. The average Bonchev–Trinajstić information content (AvgIpc) is 2.84. The van der Waals surface area contributed by atoms with Gasteiger partial charge in [0.1, 0.15) is 0 Å². The van der Waals surface area contributed by atoms with Crippen LogP contribution in [-0.2, 0) is 9.84 Å². The number of nitrogens with zero attached hydrogens (tertiary/aromatic N) is 2. The van der Waals surface area contributed by atoms with Crippen LogP contribution in [0.3, 0.4) is 0 Å². The number of benzene rings is 1. The van der Waals surface area contributed by atoms with E-state index in [9.17, 15) is 13.2 Å². The molecular formula is C11H11N3O3S2. The summed E-state index contributed by atoms with van der Waals surface area (Å²) >= 11 is 0.933. The summed E-state index contributed by atoms with van der Waals surface area (Å²) in [6.07, 6.45) is 2.48. The fourth-order valence-electron chi connectivity index (χ4n) is 1.42. The predicted octanol–water partition coefficient (Wildman–Crippen LogP) is 1.50. The molecule has 0 aliphatic carbocycles. The Bertz CT molecular complexity index is 709. The van der Waals surface area contributed by atoms with Gasteiger partial charge >= 0.3 is 0 Å². The largest absolute Gasteiger partial charge is 0.320 e. The van der Waals surface area contributed by atoms with Gasteiger partial charge in [0, 0.05) is 11.9 Å². The average molecular weight is 297 g/mol. The SMILES string of the molecule is Cc1ccc(S(C)(=O)=O)cc1NC(=O)c1cnsn1. The van der Waals surface area contributed by atoms with Crippen LogP contribution in [0, 0.1) is 6.92 Å². The molecule has 0 fully saturated rings. The Labute approximate surface area is 114 Å². The second kappa shape index (κ2) is 5.06. The number of rotatable bonds is 3. The maximum absolute atomic E-state index is 11.8. The van der Waals surface area contributed by atoms with Gasteiger partial charge in [-0.2, -0.15) is 8.75 Å². The fraction of sp³-hybridized carbons (Fsp3) is 0.182. The lowest BCUT2D eigenvalue weighted by Gasteiger charge is -2.08. The monoisotopic (exact) mass is 297 g/mol. The van der Waals surface area contributed by atoms with Crippen LogP contribution in [0.1, 0.15) is 16.1 Å². The van der Waals surface area contributed by atoms with E-state index in [4.69, 9.17) is 0 Å². The normalized spacial score (nSPS) is 11.3. The van der Waals surface area contributed by atoms with Crippen LogP contribution in [0.15, 0.2) is 29.3 Å². The number of anilines is 1. The highest BCUT2D eigenvalue weighted by molar-refractivity contribution is 7.90. The van der Waals surface area contributed by atoms with Gasteiger partial charge < -0.3 is 5.32 Å². The first-order valence-corrected chi connectivity index (χ1v) is 7.90. The third-order valence-electron chi connectivity index (χ3n) is 2.48. The maximum Gasteiger partial charge on any atom is 0.277 e. The van der Waals surface area contributed by atoms with Gasteiger partial charge in [0.15, 0.2) is 15.5 Å². The minimum Gasteiger partial charge on any atom is -0.320 e. The Hall–Kier alpha value is -1.80. The van der Waals surface area contributed by atoms with Crippen molar-refractivity contribution in [1.29, 1.82) is 0 Å². The molecule has 2 rings (SSSR count). The van der Waals surface area contributed by atoms with E-state index in [1.54, 1.807) is 13.0 Å². The summed E-state index contributed by atoms with van der Waals surface area (Å²) < 4.78 is 30.5. The highest BCUT2D eigenvalue weighted by Crippen LogP contribution is 2.20. The van der Waals surface area contributed by atoms with Gasteiger partial charge in [-0.1, -0.05) is 6.07 Å². The zero-order chi connectivity index (χ0) is 14.0. The van der Waals surface area contributed by atoms with E-state index in [1.165, 1.54) is 18.3 Å². The number of nitrogens with one attached hydrogen (secondary N) is 1. The number of carbonyl (C=O) groups is 1. The molecule has 1 aromatic heterocycles. The Morgan fingerprint density at radius 1 is 1.37 bits per heavy atom. The number of hydrogen-bond donors (Lipinski definition) is 1. The Morgan fingerprint density at radius 3 is 2.68 bits per heavy atom. The van der Waals surface area contributed by atoms with Crippen molar-refractivity contribution < 1.29 is 13.2 Å². The molecule has 8 heteroatoms. The molecule has 2 aromatic rings. The first-order valence-electron chi connectivity index (χ1n) is 5.27. The summed E-state index contributed by atoms with van der Waals surface area (Å²) in [4.78, 5) is 12.0. The standard InChI is InChI=1S/C11H11N3O3S2/c1-7-3-4-8(19(2,16)17)5-9(7)13-11(15)10-6-12-18-14-10/h3-6H,1-2H3,(H,13,15). The van der Waals surface area contributed by atoms with E-state index in [1.807, 2.05) is 0 Å². The topological polar surface area (TPSA) is 89.0 Å². The van der Waals surface area contributed by atoms with E-state index in [0.29, 0.717) is 5.69 Å². The summed E-state index contributed by atoms with van der Waals surface area (Å²) in [6.45, 7) is 1.78. The van der Waals surface area contributed by atoms with Crippen molar-refractivity contribution in [3.8, 4) is 0 Å². The van der Waals surface area contributed by atoms with E-state index in [-0.39, 0.29) is 10.6 Å². The van der Waals surface area contributed by atoms with Gasteiger partial charge in [-0.3, -0.25) is 4.79 Å². The number of aromatic nitrogens is 2. The molecule has 0 unspecified atom stereocenters. The van der Waals surface area contributed by atoms with Crippen LogP contribution >= 0.6 is 11.7 Å². The van der Waals surface area contributed by atoms with Crippen LogP contribution < -0.4 is 5.32 Å². The lowest BCUT2D eigenvalue weighted by Crippen LogP contribution is -2.13. The molecule has 100 valence electrons. The zero-order valence-corrected chi connectivity index (χ0v) is 11.9. The molecule has 19 heavy (non-hydrogen) atoms. The first kappa shape index (κ1) is 13.6. The van der Waals surface area contributed by atoms with Gasteiger partial charge in [-0.05, 0) is 24.6 Å². The highest BCUT2D eigenvalue weighted by atomic mass is 32.2. The molecule has 0 atom stereocenters. The molecule has 0 aliphatic rings. The van der Waals surface area contributed by atoms with Gasteiger partial charge in [0.2, 0.25) is 0 Å². The molecule has 1 N–H and O–H groups in total. The van der Waals surface area contributed by atoms with Crippen molar-refractivity contribution >= 4 is 33.2 Å². The second-order valence-electron chi connectivity index (χ2n) is 4.00. The van der Waals surface area contributed by atoms with E-state index >= 15 is 0 Å². The van der Waals surface area contributed by atoms with Crippen LogP contribution in [0.4, 0.5) is 5.69 Å². The molecule has 1 aromatic carbocycles. The van der Waals surface area contributed by atoms with E-state index in [2.05, 4.69) is 14.1 Å². The summed E-state index contributed by atoms with van der Waals surface area (Å²) in [7, 11) is -3.31. The lowest BCUT2D eigenvalue weighted by atomic mass is 10.2. The van der Waals surface area contributed by atoms with Gasteiger partial charge in [0.25, 0.3) is 5.91 Å². The van der Waals surface area contributed by atoms with E-state index in [0.717, 1.165) is 23.5 Å². The molecule has 6 nitrogen and oxygen atoms in total. The quantitative estimate of drug-likeness (QED) is 0.927. The molecule has 0 saturated heterocycles. The lowest BCUT2D eigenvalue weighted by molar-refractivity contribution is 0.102. The molecule has 0 aliphatic heterocycles. The summed E-state index contributed by atoms with van der Waals surface area (Å²) in [5, 5.41) is 2.63. The minimum atomic E-state index is -3.31. The minimum absolute atomic E-state index is 0.157. The summed E-state index contributed by atoms with van der Waals surface area (Å²) in [6, 6.07) is 4.58. The maximum atomic E-state index is 11.8. The molecule has 0 saturated carbocycles. The van der Waals surface area contributed by atoms with Gasteiger partial charge in [-0.25, -0.2) is 8.42 Å². The second-order valence-corrected chi connectivity index (χ2v) is 6.57. The van der Waals surface area contributed by atoms with Gasteiger partial charge in [0.05, 0.1) is 22.8 Å². The van der Waals surface area contributed by atoms with Crippen molar-refractivity contribution in [2.45, 2.75) is 11.8 Å². The molecule has 1 amide bonds. The van der Waals surface area contributed by atoms with Crippen LogP contribution in [0.25, 0.3) is 0 Å². The third kappa shape index (κ3) is 3.15. The highest BCUT2D eigenvalue weighted by Gasteiger charge is 2.13. The van der Waals surface area contributed by atoms with Gasteiger partial charge in [-0.15, -0.1) is 0 Å². The summed E-state index contributed by atoms with van der Waals surface area (Å²) in [5.41, 5.74) is 1.42. The van der Waals surface area contributed by atoms with Crippen LogP contribution in [0.2, 0.25) is 0 Å². The van der Waals surface area contributed by atoms with Crippen molar-refractivity contribution in [2.24, 2.45) is 0 Å². The zero-order valence-electron chi connectivity index (χ0n) is 10.2. The van der Waals surface area contributed by atoms with Crippen LogP contribution in [-0.4, -0.2) is 29.3 Å². The fourth-order valence-corrected chi connectivity index (χ4v) is 2.48. The van der Waals surface area contributed by atoms with Crippen molar-refractivity contribution in [2.75, 3.05) is 11.6 Å².